The lowest BCUT2D eigenvalue weighted by atomic mass is 10.1. The molecule has 1 aliphatic rings. The highest BCUT2D eigenvalue weighted by Gasteiger charge is 2.29. The number of imidazole rings is 1. The van der Waals surface area contributed by atoms with E-state index in [1.54, 1.807) is 0 Å². The van der Waals surface area contributed by atoms with Gasteiger partial charge < -0.3 is 9.30 Å². The van der Waals surface area contributed by atoms with Crippen LogP contribution in [-0.4, -0.2) is 28.6 Å². The monoisotopic (exact) mass is 292 g/mol. The molecular formula is C16H21ClN2O. The maximum Gasteiger partial charge on any atom is 0.111 e. The van der Waals surface area contributed by atoms with Gasteiger partial charge in [-0.2, -0.15) is 0 Å². The molecule has 0 aliphatic heterocycles. The number of halogens is 1. The largest absolute Gasteiger partial charge is 0.381 e. The maximum absolute atomic E-state index is 5.96. The number of fused-ring (bicyclic) bond motifs is 1. The van der Waals surface area contributed by atoms with Crippen LogP contribution in [0.2, 0.25) is 0 Å². The number of hydrogen-bond acceptors (Lipinski definition) is 2. The summed E-state index contributed by atoms with van der Waals surface area (Å²) in [5, 5.41) is 0. The van der Waals surface area contributed by atoms with E-state index in [2.05, 4.69) is 29.7 Å². The molecule has 1 saturated carbocycles. The van der Waals surface area contributed by atoms with Crippen LogP contribution < -0.4 is 0 Å². The molecule has 20 heavy (non-hydrogen) atoms. The zero-order valence-corrected chi connectivity index (χ0v) is 12.9. The summed E-state index contributed by atoms with van der Waals surface area (Å²) in [4.78, 5) is 4.80. The molecule has 2 atom stereocenters. The summed E-state index contributed by atoms with van der Waals surface area (Å²) >= 11 is 5.96. The predicted molar refractivity (Wildman–Crippen MR) is 82.6 cm³/mol. The Morgan fingerprint density at radius 3 is 2.95 bits per heavy atom. The summed E-state index contributed by atoms with van der Waals surface area (Å²) in [6, 6.07) is 6.82. The summed E-state index contributed by atoms with van der Waals surface area (Å²) in [6.45, 7) is 2.16. The number of ether oxygens (including phenoxy) is 1. The van der Waals surface area contributed by atoms with Crippen molar-refractivity contribution in [3.05, 3.63) is 29.6 Å². The van der Waals surface area contributed by atoms with Gasteiger partial charge in [0.25, 0.3) is 0 Å². The normalized spacial score (nSPS) is 22.8. The lowest BCUT2D eigenvalue weighted by molar-refractivity contribution is 0.106. The molecule has 3 rings (SSSR count). The topological polar surface area (TPSA) is 27.1 Å². The predicted octanol–water partition coefficient (Wildman–Crippen LogP) is 3.87. The molecule has 3 nitrogen and oxygen atoms in total. The molecular weight excluding hydrogens is 272 g/mol. The van der Waals surface area contributed by atoms with Crippen LogP contribution in [-0.2, 0) is 11.2 Å². The molecule has 108 valence electrons. The van der Waals surface area contributed by atoms with E-state index < -0.39 is 0 Å². The Hall–Kier alpha value is -1.06. The number of benzene rings is 1. The van der Waals surface area contributed by atoms with E-state index in [9.17, 15) is 0 Å². The first-order valence-corrected chi connectivity index (χ1v) is 7.83. The lowest BCUT2D eigenvalue weighted by Gasteiger charge is -2.17. The van der Waals surface area contributed by atoms with Crippen molar-refractivity contribution >= 4 is 22.6 Å². The van der Waals surface area contributed by atoms with E-state index >= 15 is 0 Å². The van der Waals surface area contributed by atoms with Gasteiger partial charge in [-0.15, -0.1) is 11.6 Å². The van der Waals surface area contributed by atoms with Gasteiger partial charge in [0, 0.05) is 25.5 Å². The number of alkyl halides is 1. The summed E-state index contributed by atoms with van der Waals surface area (Å²) in [7, 11) is 1.81. The quantitative estimate of drug-likeness (QED) is 0.800. The highest BCUT2D eigenvalue weighted by Crippen LogP contribution is 2.36. The Labute approximate surface area is 124 Å². The Balaban J connectivity index is 2.09. The first kappa shape index (κ1) is 13.9. The summed E-state index contributed by atoms with van der Waals surface area (Å²) in [6.07, 6.45) is 4.57. The number of aryl methyl sites for hydroxylation is 2. The third kappa shape index (κ3) is 2.33. The smallest absolute Gasteiger partial charge is 0.111 e. The molecule has 1 aromatic carbocycles. The molecule has 2 aromatic rings. The molecule has 4 heteroatoms. The van der Waals surface area contributed by atoms with Crippen molar-refractivity contribution in [2.75, 3.05) is 13.0 Å². The van der Waals surface area contributed by atoms with Crippen LogP contribution in [0.3, 0.4) is 0 Å². The second-order valence-corrected chi connectivity index (χ2v) is 5.98. The molecule has 1 aromatic heterocycles. The number of hydrogen-bond donors (Lipinski definition) is 0. The fourth-order valence-electron chi connectivity index (χ4n) is 3.39. The highest BCUT2D eigenvalue weighted by atomic mass is 35.5. The van der Waals surface area contributed by atoms with Gasteiger partial charge in [0.05, 0.1) is 17.1 Å². The minimum absolute atomic E-state index is 0.380. The van der Waals surface area contributed by atoms with Crippen molar-refractivity contribution in [2.24, 2.45) is 0 Å². The van der Waals surface area contributed by atoms with Gasteiger partial charge in [0.15, 0.2) is 0 Å². The third-order valence-electron chi connectivity index (χ3n) is 4.36. The van der Waals surface area contributed by atoms with Crippen molar-refractivity contribution < 1.29 is 4.74 Å². The fourth-order valence-corrected chi connectivity index (χ4v) is 3.56. The molecule has 0 N–H and O–H groups in total. The van der Waals surface area contributed by atoms with Gasteiger partial charge in [-0.3, -0.25) is 0 Å². The van der Waals surface area contributed by atoms with Crippen LogP contribution in [0.25, 0.3) is 11.0 Å². The summed E-state index contributed by atoms with van der Waals surface area (Å²) in [5.74, 6) is 1.73. The molecule has 0 amide bonds. The number of para-hydroxylation sites is 1. The van der Waals surface area contributed by atoms with Gasteiger partial charge in [0.1, 0.15) is 5.82 Å². The minimum Gasteiger partial charge on any atom is -0.381 e. The molecule has 1 heterocycles. The van der Waals surface area contributed by atoms with Crippen LogP contribution in [0.5, 0.6) is 0 Å². The average Bonchev–Trinajstić information content (AvgIpc) is 3.03. The zero-order chi connectivity index (χ0) is 14.1. The Morgan fingerprint density at radius 1 is 1.40 bits per heavy atom. The third-order valence-corrected chi connectivity index (χ3v) is 4.55. The van der Waals surface area contributed by atoms with E-state index in [0.717, 1.165) is 37.0 Å². The van der Waals surface area contributed by atoms with E-state index in [-0.39, 0.29) is 0 Å². The van der Waals surface area contributed by atoms with E-state index in [0.29, 0.717) is 18.0 Å². The number of nitrogens with zero attached hydrogens (tertiary/aromatic N) is 2. The standard InChI is InChI=1S/C16H21ClN2O/c1-11-4-3-5-14-16(11)19(15(18-14)8-9-17)12-6-7-13(10-12)20-2/h3-5,12-13H,6-10H2,1-2H3. The van der Waals surface area contributed by atoms with Crippen LogP contribution >= 0.6 is 11.6 Å². The summed E-state index contributed by atoms with van der Waals surface area (Å²) < 4.78 is 7.94. The average molecular weight is 293 g/mol. The number of rotatable bonds is 4. The molecule has 0 spiro atoms. The highest BCUT2D eigenvalue weighted by molar-refractivity contribution is 6.17. The number of aromatic nitrogens is 2. The van der Waals surface area contributed by atoms with Gasteiger partial charge in [-0.05, 0) is 37.8 Å². The molecule has 1 aliphatic carbocycles. The van der Waals surface area contributed by atoms with E-state index in [1.165, 1.54) is 11.1 Å². The van der Waals surface area contributed by atoms with Crippen molar-refractivity contribution in [1.29, 1.82) is 0 Å². The fraction of sp³-hybridized carbons (Fsp3) is 0.562. The van der Waals surface area contributed by atoms with Gasteiger partial charge >= 0.3 is 0 Å². The SMILES string of the molecule is COC1CCC(n2c(CCCl)nc3cccc(C)c32)C1. The van der Waals surface area contributed by atoms with E-state index in [4.69, 9.17) is 21.3 Å². The van der Waals surface area contributed by atoms with Gasteiger partial charge in [-0.25, -0.2) is 4.98 Å². The molecule has 0 radical (unpaired) electrons. The zero-order valence-electron chi connectivity index (χ0n) is 12.1. The lowest BCUT2D eigenvalue weighted by Crippen LogP contribution is -2.12. The van der Waals surface area contributed by atoms with Crippen LogP contribution in [0, 0.1) is 6.92 Å². The first-order valence-electron chi connectivity index (χ1n) is 7.29. The second kappa shape index (κ2) is 5.74. The second-order valence-electron chi connectivity index (χ2n) is 5.60. The van der Waals surface area contributed by atoms with E-state index in [1.807, 2.05) is 7.11 Å². The van der Waals surface area contributed by atoms with Crippen LogP contribution in [0.1, 0.15) is 36.7 Å². The molecule has 0 saturated heterocycles. The van der Waals surface area contributed by atoms with Gasteiger partial charge in [-0.1, -0.05) is 12.1 Å². The first-order chi connectivity index (χ1) is 9.74. The van der Waals surface area contributed by atoms with Crippen molar-refractivity contribution in [3.63, 3.8) is 0 Å². The van der Waals surface area contributed by atoms with Crippen molar-refractivity contribution in [1.82, 2.24) is 9.55 Å². The van der Waals surface area contributed by atoms with Crippen molar-refractivity contribution in [3.8, 4) is 0 Å². The van der Waals surface area contributed by atoms with Gasteiger partial charge in [0.2, 0.25) is 0 Å². The minimum atomic E-state index is 0.380. The maximum atomic E-state index is 5.96. The molecule has 1 fully saturated rings. The number of methoxy groups -OCH3 is 1. The van der Waals surface area contributed by atoms with Crippen LogP contribution in [0.4, 0.5) is 0 Å². The Kier molecular flexibility index (Phi) is 3.99. The Bertz CT molecular complexity index is 608. The molecule has 2 unspecified atom stereocenters. The molecule has 0 bridgehead atoms. The summed E-state index contributed by atoms with van der Waals surface area (Å²) in [5.41, 5.74) is 3.65. The van der Waals surface area contributed by atoms with Crippen LogP contribution in [0.15, 0.2) is 18.2 Å². The van der Waals surface area contributed by atoms with Crippen molar-refractivity contribution in [2.45, 2.75) is 44.8 Å². The Morgan fingerprint density at radius 2 is 2.25 bits per heavy atom.